The molecule has 0 saturated carbocycles. The van der Waals surface area contributed by atoms with Gasteiger partial charge in [-0.2, -0.15) is 5.26 Å². The monoisotopic (exact) mass is 321 g/mol. The fourth-order valence-corrected chi connectivity index (χ4v) is 1.97. The van der Waals surface area contributed by atoms with Gasteiger partial charge in [0.15, 0.2) is 0 Å². The number of nitrogens with one attached hydrogen (secondary N) is 1. The molecule has 0 aromatic heterocycles. The van der Waals surface area contributed by atoms with Crippen molar-refractivity contribution in [1.29, 1.82) is 5.26 Å². The SMILES string of the molecule is N#Cc1ccc(Nc2ccc(Cl)c(Br)c2)c(N)c1. The average Bonchev–Trinajstić information content (AvgIpc) is 2.36. The van der Waals surface area contributed by atoms with Crippen LogP contribution in [0.4, 0.5) is 17.1 Å². The lowest BCUT2D eigenvalue weighted by atomic mass is 10.2. The van der Waals surface area contributed by atoms with E-state index in [1.807, 2.05) is 18.2 Å². The van der Waals surface area contributed by atoms with Crippen LogP contribution in [0.2, 0.25) is 5.02 Å². The van der Waals surface area contributed by atoms with E-state index in [0.717, 1.165) is 15.8 Å². The van der Waals surface area contributed by atoms with E-state index in [-0.39, 0.29) is 0 Å². The van der Waals surface area contributed by atoms with E-state index < -0.39 is 0 Å². The Hall–Kier alpha value is -1.70. The molecule has 18 heavy (non-hydrogen) atoms. The van der Waals surface area contributed by atoms with E-state index in [9.17, 15) is 0 Å². The van der Waals surface area contributed by atoms with Crippen molar-refractivity contribution in [1.82, 2.24) is 0 Å². The Bertz CT molecular complexity index is 635. The molecule has 0 aliphatic carbocycles. The molecule has 2 aromatic carbocycles. The first-order chi connectivity index (χ1) is 8.60. The molecule has 2 aromatic rings. The van der Waals surface area contributed by atoms with Crippen LogP contribution in [0.1, 0.15) is 5.56 Å². The third-order valence-electron chi connectivity index (χ3n) is 2.38. The van der Waals surface area contributed by atoms with Gasteiger partial charge in [-0.05, 0) is 52.3 Å². The molecule has 0 unspecified atom stereocenters. The van der Waals surface area contributed by atoms with Crippen molar-refractivity contribution >= 4 is 44.6 Å². The predicted octanol–water partition coefficient (Wildman–Crippen LogP) is 4.30. The van der Waals surface area contributed by atoms with Gasteiger partial charge in [0, 0.05) is 10.2 Å². The van der Waals surface area contributed by atoms with Gasteiger partial charge in [0.25, 0.3) is 0 Å². The lowest BCUT2D eigenvalue weighted by Gasteiger charge is -2.10. The molecule has 90 valence electrons. The molecule has 0 amide bonds. The summed E-state index contributed by atoms with van der Waals surface area (Å²) < 4.78 is 0.807. The maximum atomic E-state index is 8.76. The number of nitrogens with zero attached hydrogens (tertiary/aromatic N) is 1. The summed E-state index contributed by atoms with van der Waals surface area (Å²) in [5.74, 6) is 0. The summed E-state index contributed by atoms with van der Waals surface area (Å²) >= 11 is 9.27. The van der Waals surface area contributed by atoms with Gasteiger partial charge in [-0.15, -0.1) is 0 Å². The first-order valence-corrected chi connectivity index (χ1v) is 6.29. The number of rotatable bonds is 2. The third-order valence-corrected chi connectivity index (χ3v) is 3.59. The summed E-state index contributed by atoms with van der Waals surface area (Å²) in [5.41, 5.74) is 8.54. The zero-order chi connectivity index (χ0) is 13.1. The second-order valence-corrected chi connectivity index (χ2v) is 4.93. The second kappa shape index (κ2) is 5.30. The van der Waals surface area contributed by atoms with Gasteiger partial charge in [-0.1, -0.05) is 11.6 Å². The van der Waals surface area contributed by atoms with Crippen molar-refractivity contribution in [3.63, 3.8) is 0 Å². The molecule has 0 atom stereocenters. The largest absolute Gasteiger partial charge is 0.397 e. The number of nitriles is 1. The van der Waals surface area contributed by atoms with Crippen molar-refractivity contribution in [3.05, 3.63) is 51.5 Å². The fraction of sp³-hybridized carbons (Fsp3) is 0. The molecule has 5 heteroatoms. The molecular formula is C13H9BrClN3. The van der Waals surface area contributed by atoms with Crippen LogP contribution < -0.4 is 11.1 Å². The van der Waals surface area contributed by atoms with E-state index in [1.54, 1.807) is 24.3 Å². The Labute approximate surface area is 118 Å². The first kappa shape index (κ1) is 12.7. The summed E-state index contributed by atoms with van der Waals surface area (Å²) in [5, 5.41) is 12.6. The molecule has 2 rings (SSSR count). The molecular weight excluding hydrogens is 314 g/mol. The van der Waals surface area contributed by atoms with E-state index in [0.29, 0.717) is 16.3 Å². The van der Waals surface area contributed by atoms with Crippen LogP contribution in [-0.4, -0.2) is 0 Å². The Kier molecular flexibility index (Phi) is 3.75. The molecule has 0 radical (unpaired) electrons. The normalized spacial score (nSPS) is 9.83. The van der Waals surface area contributed by atoms with Gasteiger partial charge in [-0.3, -0.25) is 0 Å². The Morgan fingerprint density at radius 3 is 2.61 bits per heavy atom. The summed E-state index contributed by atoms with van der Waals surface area (Å²) in [6, 6.07) is 12.7. The summed E-state index contributed by atoms with van der Waals surface area (Å²) in [6.07, 6.45) is 0. The van der Waals surface area contributed by atoms with Crippen LogP contribution in [-0.2, 0) is 0 Å². The average molecular weight is 323 g/mol. The Morgan fingerprint density at radius 1 is 1.22 bits per heavy atom. The highest BCUT2D eigenvalue weighted by Gasteiger charge is 2.03. The first-order valence-electron chi connectivity index (χ1n) is 5.12. The van der Waals surface area contributed by atoms with Crippen LogP contribution >= 0.6 is 27.5 Å². The van der Waals surface area contributed by atoms with E-state index in [2.05, 4.69) is 21.2 Å². The Morgan fingerprint density at radius 2 is 2.00 bits per heavy atom. The number of anilines is 3. The van der Waals surface area contributed by atoms with E-state index in [1.165, 1.54) is 0 Å². The predicted molar refractivity (Wildman–Crippen MR) is 78.0 cm³/mol. The fourth-order valence-electron chi connectivity index (χ4n) is 1.48. The van der Waals surface area contributed by atoms with Crippen LogP contribution in [0.5, 0.6) is 0 Å². The van der Waals surface area contributed by atoms with Gasteiger partial charge in [0.05, 0.1) is 28.0 Å². The second-order valence-electron chi connectivity index (χ2n) is 3.67. The van der Waals surface area contributed by atoms with Crippen molar-refractivity contribution in [2.75, 3.05) is 11.1 Å². The minimum Gasteiger partial charge on any atom is -0.397 e. The topological polar surface area (TPSA) is 61.8 Å². The minimum absolute atomic E-state index is 0.528. The van der Waals surface area contributed by atoms with Crippen molar-refractivity contribution in [2.45, 2.75) is 0 Å². The van der Waals surface area contributed by atoms with E-state index in [4.69, 9.17) is 22.6 Å². The molecule has 0 spiro atoms. The number of hydrogen-bond donors (Lipinski definition) is 2. The van der Waals surface area contributed by atoms with Crippen LogP contribution in [0, 0.1) is 11.3 Å². The van der Waals surface area contributed by atoms with Crippen LogP contribution in [0.3, 0.4) is 0 Å². The lowest BCUT2D eigenvalue weighted by Crippen LogP contribution is -1.96. The number of nitrogens with two attached hydrogens (primary N) is 1. The lowest BCUT2D eigenvalue weighted by molar-refractivity contribution is 1.47. The number of benzene rings is 2. The van der Waals surface area contributed by atoms with Crippen molar-refractivity contribution < 1.29 is 0 Å². The zero-order valence-corrected chi connectivity index (χ0v) is 11.6. The molecule has 0 fully saturated rings. The molecule has 3 N–H and O–H groups in total. The van der Waals surface area contributed by atoms with Crippen LogP contribution in [0.25, 0.3) is 0 Å². The highest BCUT2D eigenvalue weighted by molar-refractivity contribution is 9.10. The van der Waals surface area contributed by atoms with Gasteiger partial charge < -0.3 is 11.1 Å². The molecule has 0 saturated heterocycles. The van der Waals surface area contributed by atoms with Gasteiger partial charge in [0.2, 0.25) is 0 Å². The quantitative estimate of drug-likeness (QED) is 0.810. The standard InChI is InChI=1S/C13H9BrClN3/c14-10-6-9(2-3-11(10)15)18-13-4-1-8(7-16)5-12(13)17/h1-6,18H,17H2. The number of halogens is 2. The van der Waals surface area contributed by atoms with E-state index >= 15 is 0 Å². The van der Waals surface area contributed by atoms with Gasteiger partial charge in [-0.25, -0.2) is 0 Å². The highest BCUT2D eigenvalue weighted by Crippen LogP contribution is 2.29. The molecule has 3 nitrogen and oxygen atoms in total. The van der Waals surface area contributed by atoms with Crippen LogP contribution in [0.15, 0.2) is 40.9 Å². The summed E-state index contributed by atoms with van der Waals surface area (Å²) in [7, 11) is 0. The number of nitrogen functional groups attached to an aromatic ring is 1. The zero-order valence-electron chi connectivity index (χ0n) is 9.24. The number of hydrogen-bond acceptors (Lipinski definition) is 3. The van der Waals surface area contributed by atoms with Gasteiger partial charge in [0.1, 0.15) is 0 Å². The maximum absolute atomic E-state index is 8.76. The van der Waals surface area contributed by atoms with Gasteiger partial charge >= 0.3 is 0 Å². The molecule has 0 bridgehead atoms. The molecule has 0 aliphatic rings. The highest BCUT2D eigenvalue weighted by atomic mass is 79.9. The van der Waals surface area contributed by atoms with Crippen molar-refractivity contribution in [2.24, 2.45) is 0 Å². The molecule has 0 aliphatic heterocycles. The maximum Gasteiger partial charge on any atom is 0.0992 e. The molecule has 0 heterocycles. The third kappa shape index (κ3) is 2.76. The minimum atomic E-state index is 0.528. The summed E-state index contributed by atoms with van der Waals surface area (Å²) in [4.78, 5) is 0. The summed E-state index contributed by atoms with van der Waals surface area (Å²) in [6.45, 7) is 0. The smallest absolute Gasteiger partial charge is 0.0992 e. The Balaban J connectivity index is 2.29. The van der Waals surface area contributed by atoms with Crippen molar-refractivity contribution in [3.8, 4) is 6.07 Å².